The summed E-state index contributed by atoms with van der Waals surface area (Å²) in [7, 11) is 1.99. The van der Waals surface area contributed by atoms with Crippen molar-refractivity contribution < 1.29 is 0 Å². The Morgan fingerprint density at radius 1 is 1.47 bits per heavy atom. The van der Waals surface area contributed by atoms with Gasteiger partial charge in [-0.05, 0) is 25.0 Å². The summed E-state index contributed by atoms with van der Waals surface area (Å²) in [5, 5.41) is 5.72. The largest absolute Gasteiger partial charge is 0.324 e. The van der Waals surface area contributed by atoms with E-state index in [-0.39, 0.29) is 6.04 Å². The van der Waals surface area contributed by atoms with Gasteiger partial charge in [0, 0.05) is 24.2 Å². The molecule has 0 spiro atoms. The van der Waals surface area contributed by atoms with Gasteiger partial charge in [-0.1, -0.05) is 19.1 Å². The molecule has 3 nitrogen and oxygen atoms in total. The molecule has 1 heterocycles. The standard InChI is InChI=1S/C12H17N3/c1-4-11-12-9(8(2)13)6-5-7-10(12)14-15(11)3/h5-8H,4,13H2,1-3H3. The van der Waals surface area contributed by atoms with E-state index in [1.165, 1.54) is 16.6 Å². The number of nitrogens with two attached hydrogens (primary N) is 1. The van der Waals surface area contributed by atoms with Crippen LogP contribution in [0.2, 0.25) is 0 Å². The van der Waals surface area contributed by atoms with Crippen LogP contribution in [0.4, 0.5) is 0 Å². The third-order valence-electron chi connectivity index (χ3n) is 2.84. The normalized spacial score (nSPS) is 13.3. The van der Waals surface area contributed by atoms with Crippen LogP contribution in [0.3, 0.4) is 0 Å². The number of aryl methyl sites for hydroxylation is 2. The van der Waals surface area contributed by atoms with Crippen LogP contribution in [0.15, 0.2) is 18.2 Å². The van der Waals surface area contributed by atoms with Gasteiger partial charge in [0.1, 0.15) is 0 Å². The van der Waals surface area contributed by atoms with E-state index in [2.05, 4.69) is 18.1 Å². The van der Waals surface area contributed by atoms with E-state index >= 15 is 0 Å². The van der Waals surface area contributed by atoms with Gasteiger partial charge in [-0.15, -0.1) is 0 Å². The average Bonchev–Trinajstić information content (AvgIpc) is 2.52. The van der Waals surface area contributed by atoms with Gasteiger partial charge in [-0.3, -0.25) is 4.68 Å². The number of benzene rings is 1. The highest BCUT2D eigenvalue weighted by Crippen LogP contribution is 2.26. The first kappa shape index (κ1) is 10.2. The summed E-state index contributed by atoms with van der Waals surface area (Å²) in [5.41, 5.74) is 9.48. The molecule has 0 radical (unpaired) electrons. The van der Waals surface area contributed by atoms with Crippen molar-refractivity contribution in [2.45, 2.75) is 26.3 Å². The first-order valence-corrected chi connectivity index (χ1v) is 5.35. The summed E-state index contributed by atoms with van der Waals surface area (Å²) in [5.74, 6) is 0. The van der Waals surface area contributed by atoms with E-state index in [0.29, 0.717) is 0 Å². The van der Waals surface area contributed by atoms with E-state index < -0.39 is 0 Å². The highest BCUT2D eigenvalue weighted by molar-refractivity contribution is 5.85. The number of aromatic nitrogens is 2. The summed E-state index contributed by atoms with van der Waals surface area (Å²) >= 11 is 0. The summed E-state index contributed by atoms with van der Waals surface area (Å²) in [4.78, 5) is 0. The molecule has 0 aliphatic heterocycles. The molecule has 0 saturated carbocycles. The minimum absolute atomic E-state index is 0.0585. The van der Waals surface area contributed by atoms with Gasteiger partial charge in [0.15, 0.2) is 0 Å². The monoisotopic (exact) mass is 203 g/mol. The molecule has 1 atom stereocenters. The molecule has 0 aliphatic carbocycles. The van der Waals surface area contributed by atoms with Gasteiger partial charge in [-0.2, -0.15) is 5.10 Å². The quantitative estimate of drug-likeness (QED) is 0.812. The molecule has 15 heavy (non-hydrogen) atoms. The van der Waals surface area contributed by atoms with E-state index in [4.69, 9.17) is 5.73 Å². The number of hydrogen-bond acceptors (Lipinski definition) is 2. The fourth-order valence-electron chi connectivity index (χ4n) is 2.12. The second kappa shape index (κ2) is 3.66. The van der Waals surface area contributed by atoms with Crippen molar-refractivity contribution in [2.75, 3.05) is 0 Å². The molecule has 2 N–H and O–H groups in total. The first-order chi connectivity index (χ1) is 7.15. The molecule has 0 fully saturated rings. The third-order valence-corrected chi connectivity index (χ3v) is 2.84. The fourth-order valence-corrected chi connectivity index (χ4v) is 2.12. The number of rotatable bonds is 2. The highest BCUT2D eigenvalue weighted by Gasteiger charge is 2.12. The molecular weight excluding hydrogens is 186 g/mol. The lowest BCUT2D eigenvalue weighted by molar-refractivity contribution is 0.727. The summed E-state index contributed by atoms with van der Waals surface area (Å²) in [6, 6.07) is 6.21. The smallest absolute Gasteiger partial charge is 0.0929 e. The Labute approximate surface area is 89.9 Å². The predicted octanol–water partition coefficient (Wildman–Crippen LogP) is 2.16. The minimum atomic E-state index is 0.0585. The van der Waals surface area contributed by atoms with E-state index in [9.17, 15) is 0 Å². The summed E-state index contributed by atoms with van der Waals surface area (Å²) < 4.78 is 1.95. The maximum atomic E-state index is 5.98. The zero-order valence-electron chi connectivity index (χ0n) is 9.49. The number of hydrogen-bond donors (Lipinski definition) is 1. The lowest BCUT2D eigenvalue weighted by atomic mass is 10.0. The Hall–Kier alpha value is -1.35. The van der Waals surface area contributed by atoms with Gasteiger partial charge < -0.3 is 5.73 Å². The maximum Gasteiger partial charge on any atom is 0.0929 e. The van der Waals surface area contributed by atoms with Crippen molar-refractivity contribution in [1.82, 2.24) is 9.78 Å². The Morgan fingerprint density at radius 3 is 2.80 bits per heavy atom. The van der Waals surface area contributed by atoms with Crippen LogP contribution in [0, 0.1) is 0 Å². The van der Waals surface area contributed by atoms with Crippen molar-refractivity contribution in [3.63, 3.8) is 0 Å². The third kappa shape index (κ3) is 1.53. The van der Waals surface area contributed by atoms with Crippen LogP contribution in [0.1, 0.15) is 31.1 Å². The Morgan fingerprint density at radius 2 is 2.20 bits per heavy atom. The van der Waals surface area contributed by atoms with Crippen molar-refractivity contribution in [3.05, 3.63) is 29.5 Å². The van der Waals surface area contributed by atoms with Crippen LogP contribution in [-0.2, 0) is 13.5 Å². The van der Waals surface area contributed by atoms with Gasteiger partial charge >= 0.3 is 0 Å². The number of nitrogens with zero attached hydrogens (tertiary/aromatic N) is 2. The first-order valence-electron chi connectivity index (χ1n) is 5.35. The van der Waals surface area contributed by atoms with Crippen LogP contribution >= 0.6 is 0 Å². The maximum absolute atomic E-state index is 5.98. The van der Waals surface area contributed by atoms with Gasteiger partial charge in [0.2, 0.25) is 0 Å². The molecule has 1 aromatic heterocycles. The molecule has 2 aromatic rings. The minimum Gasteiger partial charge on any atom is -0.324 e. The Kier molecular flexibility index (Phi) is 2.49. The molecule has 1 aromatic carbocycles. The molecule has 2 rings (SSSR count). The molecule has 0 amide bonds. The molecule has 1 unspecified atom stereocenters. The zero-order valence-corrected chi connectivity index (χ0v) is 9.49. The summed E-state index contributed by atoms with van der Waals surface area (Å²) in [6.07, 6.45) is 0.983. The Balaban J connectivity index is 2.81. The SMILES string of the molecule is CCc1c2c(C(C)N)cccc2nn1C. The molecular formula is C12H17N3. The number of fused-ring (bicyclic) bond motifs is 1. The van der Waals surface area contributed by atoms with Crippen LogP contribution < -0.4 is 5.73 Å². The van der Waals surface area contributed by atoms with Crippen LogP contribution in [0.25, 0.3) is 10.9 Å². The zero-order chi connectivity index (χ0) is 11.0. The van der Waals surface area contributed by atoms with Gasteiger partial charge in [0.05, 0.1) is 5.52 Å². The molecule has 80 valence electrons. The van der Waals surface area contributed by atoms with Crippen LogP contribution in [0.5, 0.6) is 0 Å². The van der Waals surface area contributed by atoms with Crippen molar-refractivity contribution >= 4 is 10.9 Å². The van der Waals surface area contributed by atoms with Crippen LogP contribution in [-0.4, -0.2) is 9.78 Å². The topological polar surface area (TPSA) is 43.8 Å². The second-order valence-electron chi connectivity index (χ2n) is 3.95. The predicted molar refractivity (Wildman–Crippen MR) is 62.7 cm³/mol. The van der Waals surface area contributed by atoms with Crippen molar-refractivity contribution in [3.8, 4) is 0 Å². The van der Waals surface area contributed by atoms with Crippen molar-refractivity contribution in [2.24, 2.45) is 12.8 Å². The fraction of sp³-hybridized carbons (Fsp3) is 0.417. The van der Waals surface area contributed by atoms with Gasteiger partial charge in [-0.25, -0.2) is 0 Å². The van der Waals surface area contributed by atoms with Crippen molar-refractivity contribution in [1.29, 1.82) is 0 Å². The average molecular weight is 203 g/mol. The highest BCUT2D eigenvalue weighted by atomic mass is 15.3. The molecule has 0 aliphatic rings. The molecule has 3 heteroatoms. The Bertz CT molecular complexity index is 483. The van der Waals surface area contributed by atoms with E-state index in [1.54, 1.807) is 0 Å². The van der Waals surface area contributed by atoms with E-state index in [0.717, 1.165) is 11.9 Å². The second-order valence-corrected chi connectivity index (χ2v) is 3.95. The lowest BCUT2D eigenvalue weighted by Crippen LogP contribution is -2.06. The summed E-state index contributed by atoms with van der Waals surface area (Å²) in [6.45, 7) is 4.16. The lowest BCUT2D eigenvalue weighted by Gasteiger charge is -2.08. The molecule has 0 bridgehead atoms. The molecule has 0 saturated heterocycles. The van der Waals surface area contributed by atoms with Gasteiger partial charge in [0.25, 0.3) is 0 Å². The van der Waals surface area contributed by atoms with E-state index in [1.807, 2.05) is 30.8 Å².